The number of allylic oxidation sites excluding steroid dienone is 1. The van der Waals surface area contributed by atoms with Crippen LogP contribution in [0.3, 0.4) is 0 Å². The highest BCUT2D eigenvalue weighted by Gasteiger charge is 2.23. The first-order chi connectivity index (χ1) is 12.5. The van der Waals surface area contributed by atoms with Crippen molar-refractivity contribution in [2.24, 2.45) is 10.9 Å². The monoisotopic (exact) mass is 417 g/mol. The van der Waals surface area contributed by atoms with Crippen LogP contribution < -0.4 is 5.32 Å². The van der Waals surface area contributed by atoms with Crippen molar-refractivity contribution in [2.45, 2.75) is 39.2 Å². The summed E-state index contributed by atoms with van der Waals surface area (Å²) in [6.45, 7) is 3.98. The number of ether oxygens (including phenoxy) is 1. The highest BCUT2D eigenvalue weighted by atomic mass is 79.9. The van der Waals surface area contributed by atoms with Crippen LogP contribution in [-0.2, 0) is 9.53 Å². The predicted molar refractivity (Wildman–Crippen MR) is 110 cm³/mol. The van der Waals surface area contributed by atoms with Crippen molar-refractivity contribution in [3.8, 4) is 0 Å². The van der Waals surface area contributed by atoms with Crippen molar-refractivity contribution >= 4 is 44.3 Å². The smallest absolute Gasteiger partial charge is 0.341 e. The van der Waals surface area contributed by atoms with Gasteiger partial charge in [0.25, 0.3) is 0 Å². The van der Waals surface area contributed by atoms with E-state index >= 15 is 0 Å². The molecule has 0 saturated heterocycles. The summed E-state index contributed by atoms with van der Waals surface area (Å²) in [7, 11) is 1.41. The van der Waals surface area contributed by atoms with E-state index in [2.05, 4.69) is 31.2 Å². The lowest BCUT2D eigenvalue weighted by Crippen LogP contribution is -2.23. The molecule has 3 rings (SSSR count). The molecule has 0 bridgehead atoms. The van der Waals surface area contributed by atoms with Crippen molar-refractivity contribution < 1.29 is 9.53 Å². The van der Waals surface area contributed by atoms with Gasteiger partial charge in [-0.25, -0.2) is 4.79 Å². The number of rotatable bonds is 6. The number of nitrogens with zero attached hydrogens (tertiary/aromatic N) is 1. The lowest BCUT2D eigenvalue weighted by atomic mass is 10.1. The maximum atomic E-state index is 12.4. The number of aromatic amines is 1. The van der Waals surface area contributed by atoms with Crippen molar-refractivity contribution in [2.75, 3.05) is 12.4 Å². The third kappa shape index (κ3) is 4.55. The Bertz CT molecular complexity index is 863. The third-order valence-electron chi connectivity index (χ3n) is 4.29. The van der Waals surface area contributed by atoms with Gasteiger partial charge in [0.2, 0.25) is 0 Å². The second-order valence-corrected chi connectivity index (χ2v) is 7.74. The third-order valence-corrected chi connectivity index (χ3v) is 4.95. The molecule has 0 radical (unpaired) electrons. The maximum Gasteiger partial charge on any atom is 0.341 e. The number of amidine groups is 1. The molecule has 1 saturated carbocycles. The zero-order chi connectivity index (χ0) is 18.7. The van der Waals surface area contributed by atoms with Crippen LogP contribution in [0.15, 0.2) is 45.5 Å². The fraction of sp³-hybridized carbons (Fsp3) is 0.400. The van der Waals surface area contributed by atoms with Crippen LogP contribution in [0, 0.1) is 5.92 Å². The molecule has 0 unspecified atom stereocenters. The summed E-state index contributed by atoms with van der Waals surface area (Å²) < 4.78 is 6.00. The molecule has 1 fully saturated rings. The van der Waals surface area contributed by atoms with Crippen LogP contribution in [0.25, 0.3) is 10.9 Å². The highest BCUT2D eigenvalue weighted by molar-refractivity contribution is 9.10. The molecule has 2 N–H and O–H groups in total. The summed E-state index contributed by atoms with van der Waals surface area (Å²) in [4.78, 5) is 20.2. The number of nitrogens with one attached hydrogen (secondary N) is 2. The first kappa shape index (κ1) is 18.7. The first-order valence-electron chi connectivity index (χ1n) is 8.88. The fourth-order valence-corrected chi connectivity index (χ4v) is 3.20. The summed E-state index contributed by atoms with van der Waals surface area (Å²) in [6.07, 6.45) is 7.21. The number of carbonyl (C=O) groups excluding carboxylic acids is 1. The molecule has 1 aromatic heterocycles. The Morgan fingerprint density at radius 2 is 2.23 bits per heavy atom. The number of carbonyl (C=O) groups is 1. The average Bonchev–Trinajstić information content (AvgIpc) is 3.37. The van der Waals surface area contributed by atoms with Gasteiger partial charge in [-0.1, -0.05) is 6.08 Å². The van der Waals surface area contributed by atoms with Gasteiger partial charge in [-0.3, -0.25) is 4.99 Å². The molecule has 0 atom stereocenters. The van der Waals surface area contributed by atoms with Gasteiger partial charge in [0.05, 0.1) is 12.7 Å². The van der Waals surface area contributed by atoms with E-state index in [1.807, 2.05) is 44.3 Å². The van der Waals surface area contributed by atoms with Crippen molar-refractivity contribution in [3.63, 3.8) is 0 Å². The highest BCUT2D eigenvalue weighted by Crippen LogP contribution is 2.33. The van der Waals surface area contributed by atoms with Gasteiger partial charge in [0.1, 0.15) is 5.84 Å². The molecule has 6 heteroatoms. The second kappa shape index (κ2) is 8.08. The normalized spacial score (nSPS) is 15.6. The second-order valence-electron chi connectivity index (χ2n) is 6.88. The Balaban J connectivity index is 1.93. The van der Waals surface area contributed by atoms with E-state index in [1.54, 1.807) is 0 Å². The van der Waals surface area contributed by atoms with Gasteiger partial charge in [-0.15, -0.1) is 0 Å². The zero-order valence-corrected chi connectivity index (χ0v) is 16.9. The largest absolute Gasteiger partial charge is 0.465 e. The minimum absolute atomic E-state index is 0.0502. The molecule has 0 spiro atoms. The number of fused-ring (bicyclic) bond motifs is 1. The van der Waals surface area contributed by atoms with E-state index in [-0.39, 0.29) is 12.0 Å². The first-order valence-corrected chi connectivity index (χ1v) is 9.67. The molecule has 1 aromatic carbocycles. The number of halogens is 1. The molecule has 0 aliphatic heterocycles. The number of esters is 1. The molecular weight excluding hydrogens is 394 g/mol. The number of hydrogen-bond donors (Lipinski definition) is 2. The molecule has 1 aliphatic rings. The number of anilines is 1. The lowest BCUT2D eigenvalue weighted by molar-refractivity contribution is -0.135. The molecule has 5 nitrogen and oxygen atoms in total. The minimum atomic E-state index is -0.360. The standard InChI is InChI=1S/C20H24BrN3O2/c1-12(2)23-19(15(20(25)26-3)8-6-13-4-5-13)24-14-7-9-18-16(10-14)17(21)11-22-18/h7-13,22H,4-6H2,1-3H3,(H,23,24)/b15-8+. The number of aliphatic imine (C=N–C) groups is 1. The fourth-order valence-electron chi connectivity index (χ4n) is 2.75. The topological polar surface area (TPSA) is 66.5 Å². The van der Waals surface area contributed by atoms with Gasteiger partial charge in [-0.05, 0) is 73.2 Å². The summed E-state index contributed by atoms with van der Waals surface area (Å²) in [5.41, 5.74) is 2.42. The Kier molecular flexibility index (Phi) is 5.81. The Morgan fingerprint density at radius 3 is 2.88 bits per heavy atom. The van der Waals surface area contributed by atoms with Crippen LogP contribution in [0.1, 0.15) is 33.1 Å². The Morgan fingerprint density at radius 1 is 1.46 bits per heavy atom. The van der Waals surface area contributed by atoms with Crippen molar-refractivity contribution in [1.29, 1.82) is 0 Å². The van der Waals surface area contributed by atoms with Crippen LogP contribution in [0.5, 0.6) is 0 Å². The van der Waals surface area contributed by atoms with E-state index < -0.39 is 0 Å². The summed E-state index contributed by atoms with van der Waals surface area (Å²) in [6, 6.07) is 6.05. The summed E-state index contributed by atoms with van der Waals surface area (Å²) in [5.74, 6) is 0.877. The van der Waals surface area contributed by atoms with Gasteiger partial charge in [0, 0.05) is 33.3 Å². The number of H-pyrrole nitrogens is 1. The Labute approximate surface area is 162 Å². The van der Waals surface area contributed by atoms with Crippen LogP contribution in [0.2, 0.25) is 0 Å². The van der Waals surface area contributed by atoms with Gasteiger partial charge in [-0.2, -0.15) is 0 Å². The number of benzene rings is 1. The number of methoxy groups -OCH3 is 1. The SMILES string of the molecule is COC(=O)C(=C/CC1CC1)/C(=N\C(C)C)Nc1ccc2[nH]cc(Br)c2c1. The molecule has 26 heavy (non-hydrogen) atoms. The van der Waals surface area contributed by atoms with Gasteiger partial charge >= 0.3 is 5.97 Å². The van der Waals surface area contributed by atoms with E-state index in [0.717, 1.165) is 27.5 Å². The predicted octanol–water partition coefficient (Wildman–Crippen LogP) is 5.05. The number of aromatic nitrogens is 1. The quantitative estimate of drug-likeness (QED) is 0.299. The molecular formula is C20H24BrN3O2. The minimum Gasteiger partial charge on any atom is -0.465 e. The lowest BCUT2D eigenvalue weighted by Gasteiger charge is -2.14. The summed E-state index contributed by atoms with van der Waals surface area (Å²) >= 11 is 3.54. The van der Waals surface area contributed by atoms with Crippen LogP contribution >= 0.6 is 15.9 Å². The van der Waals surface area contributed by atoms with E-state index in [1.165, 1.54) is 20.0 Å². The maximum absolute atomic E-state index is 12.4. The molecule has 1 aliphatic carbocycles. The van der Waals surface area contributed by atoms with Crippen molar-refractivity contribution in [1.82, 2.24) is 4.98 Å². The van der Waals surface area contributed by atoms with Crippen molar-refractivity contribution in [3.05, 3.63) is 40.5 Å². The Hall–Kier alpha value is -2.08. The van der Waals surface area contributed by atoms with E-state index in [0.29, 0.717) is 17.3 Å². The molecule has 138 valence electrons. The van der Waals surface area contributed by atoms with Gasteiger partial charge in [0.15, 0.2) is 0 Å². The van der Waals surface area contributed by atoms with Gasteiger partial charge < -0.3 is 15.0 Å². The van der Waals surface area contributed by atoms with Crippen LogP contribution in [0.4, 0.5) is 5.69 Å². The van der Waals surface area contributed by atoms with E-state index in [4.69, 9.17) is 4.74 Å². The van der Waals surface area contributed by atoms with Crippen LogP contribution in [-0.4, -0.2) is 29.9 Å². The zero-order valence-electron chi connectivity index (χ0n) is 15.3. The molecule has 1 heterocycles. The average molecular weight is 418 g/mol. The molecule has 0 amide bonds. The molecule has 2 aromatic rings. The number of hydrogen-bond acceptors (Lipinski definition) is 3. The summed E-state index contributed by atoms with van der Waals surface area (Å²) in [5, 5.41) is 4.40. The van der Waals surface area contributed by atoms with E-state index in [9.17, 15) is 4.79 Å².